The fraction of sp³-hybridized carbons (Fsp3) is 0.348. The molecule has 2 aromatic carbocycles. The van der Waals surface area contributed by atoms with E-state index in [9.17, 15) is 14.0 Å². The van der Waals surface area contributed by atoms with Crippen molar-refractivity contribution in [3.8, 4) is 5.75 Å². The first-order valence-electron chi connectivity index (χ1n) is 10.1. The molecule has 0 unspecified atom stereocenters. The first kappa shape index (κ1) is 20.1. The van der Waals surface area contributed by atoms with E-state index in [1.807, 2.05) is 29.2 Å². The van der Waals surface area contributed by atoms with Crippen molar-refractivity contribution in [2.45, 2.75) is 38.3 Å². The average Bonchev–Trinajstić information content (AvgIpc) is 3.02. The van der Waals surface area contributed by atoms with Crippen molar-refractivity contribution in [2.75, 3.05) is 13.7 Å². The summed E-state index contributed by atoms with van der Waals surface area (Å²) in [6.07, 6.45) is 5.26. The Bertz CT molecular complexity index is 1110. The molecule has 1 aliphatic heterocycles. The summed E-state index contributed by atoms with van der Waals surface area (Å²) >= 11 is 0. The number of methoxy groups -OCH3 is 1. The van der Waals surface area contributed by atoms with Crippen LogP contribution >= 0.6 is 0 Å². The number of benzene rings is 2. The summed E-state index contributed by atoms with van der Waals surface area (Å²) in [5, 5.41) is 0.174. The molecule has 1 saturated heterocycles. The van der Waals surface area contributed by atoms with E-state index in [-0.39, 0.29) is 23.9 Å². The van der Waals surface area contributed by atoms with E-state index in [1.165, 1.54) is 23.0 Å². The minimum atomic E-state index is -0.502. The van der Waals surface area contributed by atoms with Crippen LogP contribution in [0.2, 0.25) is 0 Å². The van der Waals surface area contributed by atoms with Crippen LogP contribution in [-0.4, -0.2) is 34.0 Å². The Labute approximate surface area is 173 Å². The number of aromatic nitrogens is 2. The van der Waals surface area contributed by atoms with Gasteiger partial charge in [-0.1, -0.05) is 25.0 Å². The zero-order chi connectivity index (χ0) is 21.1. The second-order valence-electron chi connectivity index (χ2n) is 7.56. The molecule has 4 rings (SSSR count). The zero-order valence-corrected chi connectivity index (χ0v) is 16.9. The van der Waals surface area contributed by atoms with Gasteiger partial charge in [-0.05, 0) is 48.7 Å². The monoisotopic (exact) mass is 409 g/mol. The zero-order valence-electron chi connectivity index (χ0n) is 16.9. The van der Waals surface area contributed by atoms with E-state index >= 15 is 0 Å². The van der Waals surface area contributed by atoms with Crippen LogP contribution in [0.4, 0.5) is 4.39 Å². The lowest BCUT2D eigenvalue weighted by Crippen LogP contribution is -2.39. The maximum absolute atomic E-state index is 13.6. The minimum Gasteiger partial charge on any atom is -0.497 e. The van der Waals surface area contributed by atoms with Crippen LogP contribution < -0.4 is 10.3 Å². The maximum Gasteiger partial charge on any atom is 0.261 e. The highest BCUT2D eigenvalue weighted by molar-refractivity contribution is 5.79. The van der Waals surface area contributed by atoms with Crippen molar-refractivity contribution in [3.63, 3.8) is 0 Å². The molecule has 0 saturated carbocycles. The highest BCUT2D eigenvalue weighted by Crippen LogP contribution is 2.31. The fourth-order valence-electron chi connectivity index (χ4n) is 4.06. The van der Waals surface area contributed by atoms with Crippen LogP contribution in [0.25, 0.3) is 10.9 Å². The molecule has 0 bridgehead atoms. The summed E-state index contributed by atoms with van der Waals surface area (Å²) in [6.45, 7) is 0.519. The molecular weight excluding hydrogens is 385 g/mol. The number of hydrogen-bond acceptors (Lipinski definition) is 4. The molecule has 1 amide bonds. The molecule has 6 nitrogen and oxygen atoms in total. The second kappa shape index (κ2) is 8.65. The Morgan fingerprint density at radius 1 is 1.17 bits per heavy atom. The molecule has 1 atom stereocenters. The van der Waals surface area contributed by atoms with Gasteiger partial charge in [-0.2, -0.15) is 0 Å². The predicted molar refractivity (Wildman–Crippen MR) is 112 cm³/mol. The third kappa shape index (κ3) is 4.06. The van der Waals surface area contributed by atoms with E-state index in [0.29, 0.717) is 12.1 Å². The third-order valence-electron chi connectivity index (χ3n) is 5.67. The van der Waals surface area contributed by atoms with Gasteiger partial charge in [0.2, 0.25) is 5.91 Å². The van der Waals surface area contributed by atoms with Crippen molar-refractivity contribution < 1.29 is 13.9 Å². The van der Waals surface area contributed by atoms with Crippen LogP contribution in [0.3, 0.4) is 0 Å². The number of fused-ring (bicyclic) bond motifs is 1. The SMILES string of the molecule is COc1ccc([C@@H]2CCCCCN2C(=O)Cn2cnc3ccc(F)cc3c2=O)cc1. The summed E-state index contributed by atoms with van der Waals surface area (Å²) < 4.78 is 20.1. The number of nitrogens with zero attached hydrogens (tertiary/aromatic N) is 3. The number of hydrogen-bond donors (Lipinski definition) is 0. The number of carbonyl (C=O) groups is 1. The van der Waals surface area contributed by atoms with Gasteiger partial charge in [0, 0.05) is 6.54 Å². The van der Waals surface area contributed by atoms with Crippen LogP contribution in [0, 0.1) is 5.82 Å². The Morgan fingerprint density at radius 3 is 2.73 bits per heavy atom. The first-order chi connectivity index (χ1) is 14.6. The predicted octanol–water partition coefficient (Wildman–Crippen LogP) is 3.69. The topological polar surface area (TPSA) is 64.4 Å². The van der Waals surface area contributed by atoms with Gasteiger partial charge in [-0.3, -0.25) is 14.2 Å². The summed E-state index contributed by atoms with van der Waals surface area (Å²) in [5.74, 6) is 0.126. The molecular formula is C23H24FN3O3. The second-order valence-corrected chi connectivity index (χ2v) is 7.56. The molecule has 2 heterocycles. The normalized spacial score (nSPS) is 17.0. The van der Waals surface area contributed by atoms with Gasteiger partial charge in [0.15, 0.2) is 0 Å². The maximum atomic E-state index is 13.6. The van der Waals surface area contributed by atoms with Gasteiger partial charge >= 0.3 is 0 Å². The standard InChI is InChI=1S/C23H24FN3O3/c1-30-18-9-6-16(7-10-18)21-5-3-2-4-12-27(21)22(28)14-26-15-25-20-11-8-17(24)13-19(20)23(26)29/h6-11,13,15,21H,2-5,12,14H2,1H3/t21-/m0/s1. The number of carbonyl (C=O) groups excluding carboxylic acids is 1. The average molecular weight is 409 g/mol. The lowest BCUT2D eigenvalue weighted by atomic mass is 10.0. The lowest BCUT2D eigenvalue weighted by molar-refractivity contribution is -0.134. The van der Waals surface area contributed by atoms with Crippen molar-refractivity contribution >= 4 is 16.8 Å². The summed E-state index contributed by atoms with van der Waals surface area (Å²) in [7, 11) is 1.62. The molecule has 0 N–H and O–H groups in total. The quantitative estimate of drug-likeness (QED) is 0.659. The number of amides is 1. The molecule has 30 heavy (non-hydrogen) atoms. The highest BCUT2D eigenvalue weighted by atomic mass is 19.1. The minimum absolute atomic E-state index is 0.0486. The van der Waals surface area contributed by atoms with Crippen LogP contribution in [0.1, 0.15) is 37.3 Å². The number of halogens is 1. The van der Waals surface area contributed by atoms with Crippen LogP contribution in [-0.2, 0) is 11.3 Å². The van der Waals surface area contributed by atoms with Crippen molar-refractivity contribution in [2.24, 2.45) is 0 Å². The Hall–Kier alpha value is -3.22. The molecule has 1 aliphatic rings. The Balaban J connectivity index is 1.62. The molecule has 0 radical (unpaired) electrons. The van der Waals surface area contributed by atoms with Gasteiger partial charge < -0.3 is 9.64 Å². The van der Waals surface area contributed by atoms with Crippen LogP contribution in [0.15, 0.2) is 53.6 Å². The smallest absolute Gasteiger partial charge is 0.261 e. The molecule has 7 heteroatoms. The Kier molecular flexibility index (Phi) is 5.79. The lowest BCUT2D eigenvalue weighted by Gasteiger charge is -2.31. The number of ether oxygens (including phenoxy) is 1. The van der Waals surface area contributed by atoms with Gasteiger partial charge in [0.05, 0.1) is 30.4 Å². The third-order valence-corrected chi connectivity index (χ3v) is 5.67. The van der Waals surface area contributed by atoms with E-state index in [0.717, 1.165) is 43.1 Å². The van der Waals surface area contributed by atoms with Crippen molar-refractivity contribution in [1.29, 1.82) is 0 Å². The van der Waals surface area contributed by atoms with Crippen molar-refractivity contribution in [3.05, 3.63) is 70.5 Å². The molecule has 0 spiro atoms. The van der Waals surface area contributed by atoms with E-state index in [1.54, 1.807) is 7.11 Å². The molecule has 1 aromatic heterocycles. The van der Waals surface area contributed by atoms with Gasteiger partial charge in [0.1, 0.15) is 18.1 Å². The Morgan fingerprint density at radius 2 is 1.97 bits per heavy atom. The first-order valence-corrected chi connectivity index (χ1v) is 10.1. The largest absolute Gasteiger partial charge is 0.497 e. The molecule has 156 valence electrons. The summed E-state index contributed by atoms with van der Waals surface area (Å²) in [5.41, 5.74) is 1.05. The van der Waals surface area contributed by atoms with E-state index in [4.69, 9.17) is 4.74 Å². The highest BCUT2D eigenvalue weighted by Gasteiger charge is 2.27. The van der Waals surface area contributed by atoms with E-state index in [2.05, 4.69) is 4.98 Å². The molecule has 1 fully saturated rings. The van der Waals surface area contributed by atoms with Gasteiger partial charge in [-0.25, -0.2) is 9.37 Å². The fourth-order valence-corrected chi connectivity index (χ4v) is 4.06. The van der Waals surface area contributed by atoms with Crippen LogP contribution in [0.5, 0.6) is 5.75 Å². The number of likely N-dealkylation sites (tertiary alicyclic amines) is 1. The van der Waals surface area contributed by atoms with E-state index < -0.39 is 11.4 Å². The van der Waals surface area contributed by atoms with Gasteiger partial charge in [0.25, 0.3) is 5.56 Å². The molecule has 0 aliphatic carbocycles. The molecule has 3 aromatic rings. The summed E-state index contributed by atoms with van der Waals surface area (Å²) in [4.78, 5) is 32.0. The van der Waals surface area contributed by atoms with Crippen molar-refractivity contribution in [1.82, 2.24) is 14.5 Å². The number of rotatable bonds is 4. The summed E-state index contributed by atoms with van der Waals surface area (Å²) in [6, 6.07) is 11.6. The van der Waals surface area contributed by atoms with Gasteiger partial charge in [-0.15, -0.1) is 0 Å².